The van der Waals surface area contributed by atoms with Gasteiger partial charge in [0.25, 0.3) is 0 Å². The summed E-state index contributed by atoms with van der Waals surface area (Å²) in [6, 6.07) is 0. The van der Waals surface area contributed by atoms with Gasteiger partial charge in [0, 0.05) is 12.7 Å². The van der Waals surface area contributed by atoms with Gasteiger partial charge in [0.15, 0.2) is 5.65 Å². The number of hydrogen-bond acceptors (Lipinski definition) is 5. The van der Waals surface area contributed by atoms with Crippen molar-refractivity contribution in [2.45, 2.75) is 26.1 Å². The van der Waals surface area contributed by atoms with E-state index in [4.69, 9.17) is 19.7 Å². The zero-order chi connectivity index (χ0) is 18.7. The van der Waals surface area contributed by atoms with Crippen LogP contribution in [0, 0.1) is 6.92 Å². The fourth-order valence-corrected chi connectivity index (χ4v) is 1.76. The zero-order valence-electron chi connectivity index (χ0n) is 12.8. The van der Waals surface area contributed by atoms with Gasteiger partial charge < -0.3 is 14.9 Å². The number of alkyl halides is 3. The molecule has 0 amide bonds. The Balaban J connectivity index is 0.000000351. The summed E-state index contributed by atoms with van der Waals surface area (Å²) >= 11 is 0. The zero-order valence-corrected chi connectivity index (χ0v) is 12.8. The van der Waals surface area contributed by atoms with Crippen molar-refractivity contribution in [3.63, 3.8) is 0 Å². The van der Waals surface area contributed by atoms with Crippen LogP contribution in [0.15, 0.2) is 12.4 Å². The van der Waals surface area contributed by atoms with Crippen molar-refractivity contribution in [3.8, 4) is 0 Å². The molecule has 2 N–H and O–H groups in total. The molecule has 11 heteroatoms. The Hall–Kier alpha value is -2.69. The number of methoxy groups -OCH3 is 1. The van der Waals surface area contributed by atoms with Crippen molar-refractivity contribution in [2.75, 3.05) is 7.11 Å². The van der Waals surface area contributed by atoms with Crippen molar-refractivity contribution < 1.29 is 37.7 Å². The highest BCUT2D eigenvalue weighted by Crippen LogP contribution is 2.24. The number of aromatic nitrogens is 3. The molecule has 0 spiro atoms. The standard InChI is InChI=1S/C11H13N3O3.C2HF3O2/c1-6-5-14-10(13-6)9(7(2)17-3)8(4-12-14)11(15)16;3-2(4,5)1(6)7/h4-5,7H,1-3H3,(H,15,16);(H,6,7)/t7-;/m0./s1. The van der Waals surface area contributed by atoms with E-state index in [1.807, 2.05) is 6.92 Å². The maximum Gasteiger partial charge on any atom is 0.490 e. The second-order valence-electron chi connectivity index (χ2n) is 4.61. The van der Waals surface area contributed by atoms with E-state index in [9.17, 15) is 18.0 Å². The first-order valence-corrected chi connectivity index (χ1v) is 6.40. The quantitative estimate of drug-likeness (QED) is 0.872. The predicted molar refractivity (Wildman–Crippen MR) is 73.8 cm³/mol. The minimum absolute atomic E-state index is 0.123. The average molecular weight is 349 g/mol. The number of carboxylic acids is 2. The minimum atomic E-state index is -5.08. The third-order valence-electron chi connectivity index (χ3n) is 2.88. The molecular weight excluding hydrogens is 335 g/mol. The predicted octanol–water partition coefficient (Wildman–Crippen LogP) is 2.08. The molecule has 132 valence electrons. The van der Waals surface area contributed by atoms with Crippen LogP contribution in [-0.4, -0.2) is 50.0 Å². The molecule has 0 fully saturated rings. The first-order valence-electron chi connectivity index (χ1n) is 6.40. The van der Waals surface area contributed by atoms with Crippen LogP contribution in [0.25, 0.3) is 5.65 Å². The van der Waals surface area contributed by atoms with Gasteiger partial charge in [0.05, 0.1) is 29.8 Å². The Morgan fingerprint density at radius 2 is 1.88 bits per heavy atom. The van der Waals surface area contributed by atoms with Crippen molar-refractivity contribution in [1.82, 2.24) is 14.6 Å². The molecule has 2 rings (SSSR count). The Kier molecular flexibility index (Phi) is 5.85. The highest BCUT2D eigenvalue weighted by Gasteiger charge is 2.38. The first kappa shape index (κ1) is 19.4. The molecule has 2 heterocycles. The third-order valence-corrected chi connectivity index (χ3v) is 2.88. The highest BCUT2D eigenvalue weighted by molar-refractivity contribution is 5.91. The molecule has 24 heavy (non-hydrogen) atoms. The molecule has 8 nitrogen and oxygen atoms in total. The number of rotatable bonds is 3. The fourth-order valence-electron chi connectivity index (χ4n) is 1.76. The second-order valence-corrected chi connectivity index (χ2v) is 4.61. The van der Waals surface area contributed by atoms with Crippen molar-refractivity contribution in [3.05, 3.63) is 29.2 Å². The number of carbonyl (C=O) groups is 2. The number of carboxylic acid groups (broad SMARTS) is 2. The van der Waals surface area contributed by atoms with Gasteiger partial charge in [0.1, 0.15) is 0 Å². The molecular formula is C13H14F3N3O5. The fraction of sp³-hybridized carbons (Fsp3) is 0.385. The summed E-state index contributed by atoms with van der Waals surface area (Å²) in [6.07, 6.45) is -2.37. The maximum absolute atomic E-state index is 11.2. The van der Waals surface area contributed by atoms with Crippen LogP contribution in [0.3, 0.4) is 0 Å². The van der Waals surface area contributed by atoms with Crippen LogP contribution in [0.2, 0.25) is 0 Å². The van der Waals surface area contributed by atoms with Crippen LogP contribution in [0.1, 0.15) is 34.6 Å². The monoisotopic (exact) mass is 349 g/mol. The van der Waals surface area contributed by atoms with Crippen molar-refractivity contribution >= 4 is 17.6 Å². The lowest BCUT2D eigenvalue weighted by Gasteiger charge is -2.13. The smallest absolute Gasteiger partial charge is 0.478 e. The third kappa shape index (κ3) is 4.41. The van der Waals surface area contributed by atoms with E-state index in [1.165, 1.54) is 13.3 Å². The molecule has 0 unspecified atom stereocenters. The number of halogens is 3. The summed E-state index contributed by atoms with van der Waals surface area (Å²) in [5, 5.41) is 20.3. The summed E-state index contributed by atoms with van der Waals surface area (Å²) < 4.78 is 38.5. The van der Waals surface area contributed by atoms with Gasteiger partial charge in [0.2, 0.25) is 0 Å². The average Bonchev–Trinajstić information content (AvgIpc) is 2.84. The van der Waals surface area contributed by atoms with E-state index in [0.717, 1.165) is 5.69 Å². The highest BCUT2D eigenvalue weighted by atomic mass is 19.4. The van der Waals surface area contributed by atoms with E-state index < -0.39 is 18.1 Å². The molecule has 0 aliphatic carbocycles. The number of imidazole rings is 1. The number of aliphatic carboxylic acids is 1. The van der Waals surface area contributed by atoms with Gasteiger partial charge >= 0.3 is 18.1 Å². The van der Waals surface area contributed by atoms with E-state index in [1.54, 1.807) is 17.6 Å². The lowest BCUT2D eigenvalue weighted by molar-refractivity contribution is -0.192. The number of hydrogen-bond donors (Lipinski definition) is 2. The van der Waals surface area contributed by atoms with Gasteiger partial charge in [-0.1, -0.05) is 0 Å². The normalized spacial score (nSPS) is 12.4. The van der Waals surface area contributed by atoms with Crippen LogP contribution >= 0.6 is 0 Å². The number of nitrogens with zero attached hydrogens (tertiary/aromatic N) is 3. The topological polar surface area (TPSA) is 114 Å². The Labute approximate surface area is 133 Å². The van der Waals surface area contributed by atoms with Gasteiger partial charge in [-0.25, -0.2) is 19.1 Å². The molecule has 1 atom stereocenters. The van der Waals surface area contributed by atoms with Gasteiger partial charge in [-0.15, -0.1) is 0 Å². The minimum Gasteiger partial charge on any atom is -0.478 e. The molecule has 2 aromatic heterocycles. The molecule has 0 aliphatic rings. The lowest BCUT2D eigenvalue weighted by atomic mass is 10.1. The first-order chi connectivity index (χ1) is 11.0. The Morgan fingerprint density at radius 3 is 2.29 bits per heavy atom. The molecule has 0 radical (unpaired) electrons. The van der Waals surface area contributed by atoms with Gasteiger partial charge in [-0.05, 0) is 13.8 Å². The van der Waals surface area contributed by atoms with E-state index in [2.05, 4.69) is 10.1 Å². The molecule has 0 bridgehead atoms. The van der Waals surface area contributed by atoms with Gasteiger partial charge in [-0.2, -0.15) is 18.3 Å². The molecule has 0 saturated carbocycles. The van der Waals surface area contributed by atoms with Crippen molar-refractivity contribution in [1.29, 1.82) is 0 Å². The maximum atomic E-state index is 11.2. The summed E-state index contributed by atoms with van der Waals surface area (Å²) in [5.41, 5.74) is 1.97. The van der Waals surface area contributed by atoms with E-state index in [0.29, 0.717) is 11.2 Å². The van der Waals surface area contributed by atoms with Crippen molar-refractivity contribution in [2.24, 2.45) is 0 Å². The Morgan fingerprint density at radius 1 is 1.33 bits per heavy atom. The molecule has 0 aromatic carbocycles. The number of aryl methyl sites for hydroxylation is 1. The summed E-state index contributed by atoms with van der Waals surface area (Å²) in [4.78, 5) is 24.3. The number of fused-ring (bicyclic) bond motifs is 1. The largest absolute Gasteiger partial charge is 0.490 e. The van der Waals surface area contributed by atoms with Crippen LogP contribution < -0.4 is 0 Å². The van der Waals surface area contributed by atoms with Gasteiger partial charge in [-0.3, -0.25) is 0 Å². The summed E-state index contributed by atoms with van der Waals surface area (Å²) in [5.74, 6) is -3.79. The molecule has 0 saturated heterocycles. The molecule has 2 aromatic rings. The van der Waals surface area contributed by atoms with E-state index >= 15 is 0 Å². The summed E-state index contributed by atoms with van der Waals surface area (Å²) in [7, 11) is 1.53. The second kappa shape index (κ2) is 7.25. The Bertz CT molecular complexity index is 757. The number of ether oxygens (including phenoxy) is 1. The summed E-state index contributed by atoms with van der Waals surface area (Å²) in [6.45, 7) is 3.61. The molecule has 0 aliphatic heterocycles. The van der Waals surface area contributed by atoms with E-state index in [-0.39, 0.29) is 11.7 Å². The van der Waals surface area contributed by atoms with Crippen LogP contribution in [0.5, 0.6) is 0 Å². The van der Waals surface area contributed by atoms with Crippen LogP contribution in [0.4, 0.5) is 13.2 Å². The number of aromatic carboxylic acids is 1. The lowest BCUT2D eigenvalue weighted by Crippen LogP contribution is -2.21. The SMILES string of the molecule is CO[C@@H](C)c1c(C(=O)O)cnn2cc(C)nc12.O=C(O)C(F)(F)F. The van der Waals surface area contributed by atoms with Crippen LogP contribution in [-0.2, 0) is 9.53 Å².